The van der Waals surface area contributed by atoms with Gasteiger partial charge in [0, 0.05) is 11.3 Å². The summed E-state index contributed by atoms with van der Waals surface area (Å²) in [5, 5.41) is 10.8. The lowest BCUT2D eigenvalue weighted by Gasteiger charge is -2.06. The van der Waals surface area contributed by atoms with Crippen molar-refractivity contribution in [2.75, 3.05) is 6.61 Å². The molecule has 0 saturated heterocycles. The molecule has 0 atom stereocenters. The third kappa shape index (κ3) is 3.89. The Kier molecular flexibility index (Phi) is 4.36. The molecule has 0 bridgehead atoms. The molecular weight excluding hydrogens is 248 g/mol. The Bertz CT molecular complexity index is 506. The Hall–Kier alpha value is -1.81. The van der Waals surface area contributed by atoms with Crippen LogP contribution in [0.3, 0.4) is 0 Å². The highest BCUT2D eigenvalue weighted by Gasteiger charge is 2.02. The number of rotatable bonds is 6. The lowest BCUT2D eigenvalue weighted by molar-refractivity contribution is -0.136. The quantitative estimate of drug-likeness (QED) is 0.870. The first-order chi connectivity index (χ1) is 8.74. The van der Waals surface area contributed by atoms with Crippen molar-refractivity contribution in [3.8, 4) is 5.75 Å². The zero-order chi connectivity index (χ0) is 12.8. The van der Waals surface area contributed by atoms with E-state index in [2.05, 4.69) is 6.07 Å². The number of thiophene rings is 1. The molecule has 94 valence electrons. The fourth-order valence-corrected chi connectivity index (χ4v) is 2.33. The molecule has 4 heteroatoms. The molecule has 0 unspecified atom stereocenters. The third-order valence-electron chi connectivity index (χ3n) is 2.45. The average Bonchev–Trinajstić information content (AvgIpc) is 2.82. The Morgan fingerprint density at radius 3 is 2.89 bits per heavy atom. The van der Waals surface area contributed by atoms with E-state index in [1.165, 1.54) is 4.88 Å². The standard InChI is InChI=1S/C14H14O3S/c15-14(16)10-11-3-1-4-12(9-11)17-7-6-13-5-2-8-18-13/h1-5,8-9H,6-7,10H2,(H,15,16). The Labute approximate surface area is 110 Å². The number of hydrogen-bond donors (Lipinski definition) is 1. The molecule has 0 fully saturated rings. The third-order valence-corrected chi connectivity index (χ3v) is 3.39. The van der Waals surface area contributed by atoms with Crippen molar-refractivity contribution in [1.29, 1.82) is 0 Å². The maximum atomic E-state index is 10.6. The van der Waals surface area contributed by atoms with Gasteiger partial charge in [0.2, 0.25) is 0 Å². The van der Waals surface area contributed by atoms with Crippen LogP contribution in [0.25, 0.3) is 0 Å². The molecular formula is C14H14O3S. The Morgan fingerprint density at radius 2 is 2.17 bits per heavy atom. The van der Waals surface area contributed by atoms with E-state index in [1.807, 2.05) is 23.6 Å². The highest BCUT2D eigenvalue weighted by atomic mass is 32.1. The molecule has 0 aliphatic rings. The van der Waals surface area contributed by atoms with Crippen molar-refractivity contribution in [3.05, 3.63) is 52.2 Å². The van der Waals surface area contributed by atoms with Crippen molar-refractivity contribution < 1.29 is 14.6 Å². The summed E-state index contributed by atoms with van der Waals surface area (Å²) in [6, 6.07) is 11.3. The topological polar surface area (TPSA) is 46.5 Å². The molecule has 0 saturated carbocycles. The van der Waals surface area contributed by atoms with Gasteiger partial charge in [-0.1, -0.05) is 18.2 Å². The van der Waals surface area contributed by atoms with E-state index < -0.39 is 5.97 Å². The van der Waals surface area contributed by atoms with Crippen molar-refractivity contribution in [2.45, 2.75) is 12.8 Å². The summed E-state index contributed by atoms with van der Waals surface area (Å²) in [4.78, 5) is 11.9. The van der Waals surface area contributed by atoms with Gasteiger partial charge in [-0.05, 0) is 29.1 Å². The average molecular weight is 262 g/mol. The summed E-state index contributed by atoms with van der Waals surface area (Å²) in [7, 11) is 0. The minimum Gasteiger partial charge on any atom is -0.493 e. The van der Waals surface area contributed by atoms with E-state index in [0.29, 0.717) is 6.61 Å². The molecule has 3 nitrogen and oxygen atoms in total. The van der Waals surface area contributed by atoms with E-state index in [-0.39, 0.29) is 6.42 Å². The molecule has 0 amide bonds. The SMILES string of the molecule is O=C(O)Cc1cccc(OCCc2cccs2)c1. The van der Waals surface area contributed by atoms with Gasteiger partial charge in [-0.15, -0.1) is 11.3 Å². The zero-order valence-corrected chi connectivity index (χ0v) is 10.7. The van der Waals surface area contributed by atoms with E-state index >= 15 is 0 Å². The van der Waals surface area contributed by atoms with Crippen molar-refractivity contribution in [1.82, 2.24) is 0 Å². The van der Waals surface area contributed by atoms with Crippen molar-refractivity contribution >= 4 is 17.3 Å². The van der Waals surface area contributed by atoms with Gasteiger partial charge in [0.15, 0.2) is 0 Å². The van der Waals surface area contributed by atoms with Crippen LogP contribution in [0.2, 0.25) is 0 Å². The molecule has 1 N–H and O–H groups in total. The summed E-state index contributed by atoms with van der Waals surface area (Å²) >= 11 is 1.71. The number of aliphatic carboxylic acids is 1. The highest BCUT2D eigenvalue weighted by molar-refractivity contribution is 7.09. The van der Waals surface area contributed by atoms with Crippen LogP contribution >= 0.6 is 11.3 Å². The molecule has 2 aromatic rings. The van der Waals surface area contributed by atoms with Gasteiger partial charge < -0.3 is 9.84 Å². The fourth-order valence-electron chi connectivity index (χ4n) is 1.64. The normalized spacial score (nSPS) is 10.2. The lowest BCUT2D eigenvalue weighted by atomic mass is 10.1. The summed E-state index contributed by atoms with van der Waals surface area (Å²) in [5.41, 5.74) is 0.760. The van der Waals surface area contributed by atoms with Gasteiger partial charge in [-0.2, -0.15) is 0 Å². The lowest BCUT2D eigenvalue weighted by Crippen LogP contribution is -2.02. The molecule has 1 aromatic heterocycles. The molecule has 2 rings (SSSR count). The Balaban J connectivity index is 1.87. The van der Waals surface area contributed by atoms with Crippen molar-refractivity contribution in [3.63, 3.8) is 0 Å². The van der Waals surface area contributed by atoms with E-state index in [0.717, 1.165) is 17.7 Å². The molecule has 0 aliphatic carbocycles. The van der Waals surface area contributed by atoms with E-state index in [1.54, 1.807) is 23.5 Å². The van der Waals surface area contributed by atoms with Crippen molar-refractivity contribution in [2.24, 2.45) is 0 Å². The molecule has 1 heterocycles. The van der Waals surface area contributed by atoms with Crippen LogP contribution in [0.1, 0.15) is 10.4 Å². The van der Waals surface area contributed by atoms with Crippen LogP contribution in [0.5, 0.6) is 5.75 Å². The Morgan fingerprint density at radius 1 is 1.28 bits per heavy atom. The molecule has 1 aromatic carbocycles. The fraction of sp³-hybridized carbons (Fsp3) is 0.214. The van der Waals surface area contributed by atoms with Gasteiger partial charge in [-0.3, -0.25) is 4.79 Å². The van der Waals surface area contributed by atoms with Gasteiger partial charge in [0.25, 0.3) is 0 Å². The minimum atomic E-state index is -0.828. The maximum Gasteiger partial charge on any atom is 0.307 e. The van der Waals surface area contributed by atoms with Crippen LogP contribution < -0.4 is 4.74 Å². The van der Waals surface area contributed by atoms with E-state index in [4.69, 9.17) is 9.84 Å². The largest absolute Gasteiger partial charge is 0.493 e. The summed E-state index contributed by atoms with van der Waals surface area (Å²) in [6.45, 7) is 0.608. The van der Waals surface area contributed by atoms with Crippen LogP contribution in [-0.2, 0) is 17.6 Å². The second-order valence-electron chi connectivity index (χ2n) is 3.90. The number of carboxylic acid groups (broad SMARTS) is 1. The minimum absolute atomic E-state index is 0.0299. The summed E-state index contributed by atoms with van der Waals surface area (Å²) < 4.78 is 5.62. The molecule has 0 radical (unpaired) electrons. The first-order valence-electron chi connectivity index (χ1n) is 5.70. The van der Waals surface area contributed by atoms with Gasteiger partial charge in [0.1, 0.15) is 5.75 Å². The van der Waals surface area contributed by atoms with Crippen LogP contribution in [0.15, 0.2) is 41.8 Å². The number of carboxylic acids is 1. The smallest absolute Gasteiger partial charge is 0.307 e. The van der Waals surface area contributed by atoms with Gasteiger partial charge in [0.05, 0.1) is 13.0 Å². The van der Waals surface area contributed by atoms with E-state index in [9.17, 15) is 4.79 Å². The predicted octanol–water partition coefficient (Wildman–Crippen LogP) is 3.00. The summed E-state index contributed by atoms with van der Waals surface area (Å²) in [6.07, 6.45) is 0.906. The van der Waals surface area contributed by atoms with Crippen LogP contribution in [0.4, 0.5) is 0 Å². The molecule has 0 aliphatic heterocycles. The van der Waals surface area contributed by atoms with Gasteiger partial charge >= 0.3 is 5.97 Å². The second-order valence-corrected chi connectivity index (χ2v) is 4.93. The first-order valence-corrected chi connectivity index (χ1v) is 6.58. The monoisotopic (exact) mass is 262 g/mol. The maximum absolute atomic E-state index is 10.6. The molecule has 18 heavy (non-hydrogen) atoms. The van der Waals surface area contributed by atoms with Gasteiger partial charge in [-0.25, -0.2) is 0 Å². The highest BCUT2D eigenvalue weighted by Crippen LogP contribution is 2.15. The number of benzene rings is 1. The zero-order valence-electron chi connectivity index (χ0n) is 9.83. The number of ether oxygens (including phenoxy) is 1. The number of carbonyl (C=O) groups is 1. The predicted molar refractivity (Wildman–Crippen MR) is 71.3 cm³/mol. The van der Waals surface area contributed by atoms with Crippen LogP contribution in [0, 0.1) is 0 Å². The second kappa shape index (κ2) is 6.21. The summed E-state index contributed by atoms with van der Waals surface area (Å²) in [5.74, 6) is -0.101. The first kappa shape index (κ1) is 12.6. The number of hydrogen-bond acceptors (Lipinski definition) is 3. The van der Waals surface area contributed by atoms with Crippen LogP contribution in [-0.4, -0.2) is 17.7 Å². The molecule has 0 spiro atoms.